The number of benzene rings is 1. The molecule has 1 saturated heterocycles. The van der Waals surface area contributed by atoms with Gasteiger partial charge in [-0.25, -0.2) is 8.42 Å². The number of sulfonamides is 1. The van der Waals surface area contributed by atoms with E-state index in [-0.39, 0.29) is 24.9 Å². The van der Waals surface area contributed by atoms with Crippen LogP contribution in [0.4, 0.5) is 0 Å². The molecule has 142 valence electrons. The largest absolute Gasteiger partial charge is 0.480 e. The molecule has 0 saturated carbocycles. The molecule has 6 nitrogen and oxygen atoms in total. The number of aryl methyl sites for hydroxylation is 3. The Morgan fingerprint density at radius 3 is 2.44 bits per heavy atom. The van der Waals surface area contributed by atoms with Crippen molar-refractivity contribution in [3.8, 4) is 0 Å². The van der Waals surface area contributed by atoms with Crippen molar-refractivity contribution in [2.24, 2.45) is 5.92 Å². The zero-order valence-electron chi connectivity index (χ0n) is 14.9. The molecule has 0 aliphatic carbocycles. The number of carboxylic acids is 1. The van der Waals surface area contributed by atoms with E-state index in [2.05, 4.69) is 5.32 Å². The lowest BCUT2D eigenvalue weighted by Gasteiger charge is -2.32. The molecule has 0 bridgehead atoms. The van der Waals surface area contributed by atoms with Gasteiger partial charge in [-0.15, -0.1) is 12.4 Å². The second-order valence-corrected chi connectivity index (χ2v) is 8.50. The van der Waals surface area contributed by atoms with Crippen LogP contribution in [0.25, 0.3) is 0 Å². The molecule has 1 aromatic rings. The number of piperidine rings is 1. The van der Waals surface area contributed by atoms with E-state index in [0.717, 1.165) is 29.5 Å². The molecule has 0 spiro atoms. The number of halogens is 1. The van der Waals surface area contributed by atoms with Gasteiger partial charge in [0, 0.05) is 13.1 Å². The SMILES string of the molecule is Cc1cc(C)c(S(=O)(=O)N2CCCC(CNCC(=O)O)C2)c(C)c1.Cl. The Morgan fingerprint density at radius 2 is 1.88 bits per heavy atom. The van der Waals surface area contributed by atoms with Crippen molar-refractivity contribution in [1.29, 1.82) is 0 Å². The summed E-state index contributed by atoms with van der Waals surface area (Å²) in [5.74, 6) is -0.764. The minimum atomic E-state index is -3.53. The number of carboxylic acid groups (broad SMARTS) is 1. The van der Waals surface area contributed by atoms with Gasteiger partial charge in [-0.3, -0.25) is 4.79 Å². The summed E-state index contributed by atoms with van der Waals surface area (Å²) in [7, 11) is -3.53. The zero-order valence-corrected chi connectivity index (χ0v) is 16.5. The van der Waals surface area contributed by atoms with Gasteiger partial charge in [-0.1, -0.05) is 17.7 Å². The van der Waals surface area contributed by atoms with Gasteiger partial charge in [-0.05, 0) is 57.2 Å². The lowest BCUT2D eigenvalue weighted by atomic mass is 10.00. The maximum Gasteiger partial charge on any atom is 0.317 e. The lowest BCUT2D eigenvalue weighted by molar-refractivity contribution is -0.136. The quantitative estimate of drug-likeness (QED) is 0.776. The van der Waals surface area contributed by atoms with Crippen LogP contribution >= 0.6 is 12.4 Å². The first-order valence-corrected chi connectivity index (χ1v) is 9.66. The predicted octanol–water partition coefficient (Wildman–Crippen LogP) is 2.11. The third-order valence-electron chi connectivity index (χ3n) is 4.39. The summed E-state index contributed by atoms with van der Waals surface area (Å²) in [5.41, 5.74) is 2.61. The molecule has 1 unspecified atom stereocenters. The van der Waals surface area contributed by atoms with Gasteiger partial charge in [0.2, 0.25) is 10.0 Å². The topological polar surface area (TPSA) is 86.7 Å². The van der Waals surface area contributed by atoms with Crippen LogP contribution in [0.1, 0.15) is 29.5 Å². The Bertz CT molecular complexity index is 698. The average molecular weight is 391 g/mol. The van der Waals surface area contributed by atoms with Crippen LogP contribution in [0, 0.1) is 26.7 Å². The lowest BCUT2D eigenvalue weighted by Crippen LogP contribution is -2.43. The number of hydrogen-bond acceptors (Lipinski definition) is 4. The first kappa shape index (κ1) is 21.9. The van der Waals surface area contributed by atoms with E-state index in [9.17, 15) is 13.2 Å². The van der Waals surface area contributed by atoms with E-state index in [1.165, 1.54) is 0 Å². The predicted molar refractivity (Wildman–Crippen MR) is 99.9 cm³/mol. The Balaban J connectivity index is 0.00000312. The van der Waals surface area contributed by atoms with Crippen LogP contribution in [0.2, 0.25) is 0 Å². The van der Waals surface area contributed by atoms with Crippen molar-refractivity contribution in [1.82, 2.24) is 9.62 Å². The molecule has 1 aliphatic heterocycles. The van der Waals surface area contributed by atoms with Gasteiger partial charge in [0.1, 0.15) is 0 Å². The number of aliphatic carboxylic acids is 1. The van der Waals surface area contributed by atoms with Gasteiger partial charge in [0.05, 0.1) is 11.4 Å². The highest BCUT2D eigenvalue weighted by molar-refractivity contribution is 7.89. The first-order chi connectivity index (χ1) is 11.2. The maximum absolute atomic E-state index is 13.1. The second-order valence-electron chi connectivity index (χ2n) is 6.62. The highest BCUT2D eigenvalue weighted by atomic mass is 35.5. The molecule has 0 radical (unpaired) electrons. The average Bonchev–Trinajstić information content (AvgIpc) is 2.45. The smallest absolute Gasteiger partial charge is 0.317 e. The van der Waals surface area contributed by atoms with Crippen LogP contribution in [-0.4, -0.2) is 50.0 Å². The van der Waals surface area contributed by atoms with Crippen LogP contribution in [0.5, 0.6) is 0 Å². The molecule has 1 aromatic carbocycles. The highest BCUT2D eigenvalue weighted by Gasteiger charge is 2.32. The molecule has 8 heteroatoms. The number of carbonyl (C=O) groups is 1. The van der Waals surface area contributed by atoms with Crippen LogP contribution in [0.3, 0.4) is 0 Å². The van der Waals surface area contributed by atoms with E-state index in [1.54, 1.807) is 4.31 Å². The molecule has 1 heterocycles. The molecular weight excluding hydrogens is 364 g/mol. The summed E-state index contributed by atoms with van der Waals surface area (Å²) in [6.07, 6.45) is 1.70. The molecule has 0 aromatic heterocycles. The first-order valence-electron chi connectivity index (χ1n) is 8.22. The molecule has 25 heavy (non-hydrogen) atoms. The molecule has 2 N–H and O–H groups in total. The maximum atomic E-state index is 13.1. The van der Waals surface area contributed by atoms with Crippen molar-refractivity contribution in [3.63, 3.8) is 0 Å². The monoisotopic (exact) mass is 390 g/mol. The zero-order chi connectivity index (χ0) is 17.9. The summed E-state index contributed by atoms with van der Waals surface area (Å²) in [4.78, 5) is 11.0. The molecular formula is C17H27ClN2O4S. The minimum absolute atomic E-state index is 0. The Labute approximate surface area is 156 Å². The molecule has 1 aliphatic rings. The van der Waals surface area contributed by atoms with Crippen molar-refractivity contribution < 1.29 is 18.3 Å². The van der Waals surface area contributed by atoms with E-state index in [0.29, 0.717) is 24.5 Å². The summed E-state index contributed by atoms with van der Waals surface area (Å²) in [6.45, 7) is 7.00. The number of nitrogens with one attached hydrogen (secondary N) is 1. The fourth-order valence-electron chi connectivity index (χ4n) is 3.50. The standard InChI is InChI=1S/C17H26N2O4S.ClH/c1-12-7-13(2)17(14(3)8-12)24(22,23)19-6-4-5-15(11-19)9-18-10-16(20)21;/h7-8,15,18H,4-6,9-11H2,1-3H3,(H,20,21);1H. The Hall–Kier alpha value is -1.15. The normalized spacial score (nSPS) is 18.6. The molecule has 1 fully saturated rings. The van der Waals surface area contributed by atoms with Crippen molar-refractivity contribution in [2.45, 2.75) is 38.5 Å². The highest BCUT2D eigenvalue weighted by Crippen LogP contribution is 2.28. The van der Waals surface area contributed by atoms with Gasteiger partial charge < -0.3 is 10.4 Å². The van der Waals surface area contributed by atoms with Crippen LogP contribution in [-0.2, 0) is 14.8 Å². The van der Waals surface area contributed by atoms with E-state index < -0.39 is 16.0 Å². The van der Waals surface area contributed by atoms with Crippen molar-refractivity contribution in [2.75, 3.05) is 26.2 Å². The van der Waals surface area contributed by atoms with Crippen molar-refractivity contribution in [3.05, 3.63) is 28.8 Å². The summed E-state index contributed by atoms with van der Waals surface area (Å²) >= 11 is 0. The van der Waals surface area contributed by atoms with Gasteiger partial charge in [-0.2, -0.15) is 4.31 Å². The van der Waals surface area contributed by atoms with Gasteiger partial charge in [0.25, 0.3) is 0 Å². The third-order valence-corrected chi connectivity index (χ3v) is 6.56. The Morgan fingerprint density at radius 1 is 1.28 bits per heavy atom. The molecule has 2 rings (SSSR count). The van der Waals surface area contributed by atoms with Crippen LogP contribution < -0.4 is 5.32 Å². The second kappa shape index (κ2) is 8.98. The summed E-state index contributed by atoms with van der Waals surface area (Å²) < 4.78 is 27.7. The number of nitrogens with zero attached hydrogens (tertiary/aromatic N) is 1. The summed E-state index contributed by atoms with van der Waals surface area (Å²) in [6, 6.07) is 3.80. The number of hydrogen-bond donors (Lipinski definition) is 2. The molecule has 0 amide bonds. The van der Waals surface area contributed by atoms with Crippen molar-refractivity contribution >= 4 is 28.4 Å². The summed E-state index contributed by atoms with van der Waals surface area (Å²) in [5, 5.41) is 11.6. The minimum Gasteiger partial charge on any atom is -0.480 e. The number of rotatable bonds is 6. The third kappa shape index (κ3) is 5.41. The van der Waals surface area contributed by atoms with E-state index >= 15 is 0 Å². The fraction of sp³-hybridized carbons (Fsp3) is 0.588. The fourth-order valence-corrected chi connectivity index (χ4v) is 5.46. The molecule has 1 atom stereocenters. The van der Waals surface area contributed by atoms with Crippen LogP contribution in [0.15, 0.2) is 17.0 Å². The van der Waals surface area contributed by atoms with E-state index in [4.69, 9.17) is 5.11 Å². The Kier molecular flexibility index (Phi) is 7.87. The van der Waals surface area contributed by atoms with Gasteiger partial charge in [0.15, 0.2) is 0 Å². The van der Waals surface area contributed by atoms with Gasteiger partial charge >= 0.3 is 5.97 Å². The van der Waals surface area contributed by atoms with E-state index in [1.807, 2.05) is 32.9 Å².